The molecule has 0 saturated heterocycles. The quantitative estimate of drug-likeness (QED) is 0.850. The van der Waals surface area contributed by atoms with Crippen molar-refractivity contribution in [1.29, 1.82) is 0 Å². The van der Waals surface area contributed by atoms with Gasteiger partial charge in [-0.25, -0.2) is 0 Å². The number of nitrogens with one attached hydrogen (secondary N) is 1. The number of amides is 1. The van der Waals surface area contributed by atoms with Crippen LogP contribution in [-0.4, -0.2) is 18.0 Å². The number of benzene rings is 1. The Kier molecular flexibility index (Phi) is 2.86. The zero-order valence-electron chi connectivity index (χ0n) is 10.6. The summed E-state index contributed by atoms with van der Waals surface area (Å²) >= 11 is 0. The van der Waals surface area contributed by atoms with Crippen LogP contribution >= 0.6 is 0 Å². The SMILES string of the molecule is NC1CCCC1NC(=O)C1(c2ccccc2)CC1. The Bertz CT molecular complexity index is 439. The molecule has 3 nitrogen and oxygen atoms in total. The molecule has 3 rings (SSSR count). The van der Waals surface area contributed by atoms with Gasteiger partial charge in [-0.3, -0.25) is 4.79 Å². The van der Waals surface area contributed by atoms with Gasteiger partial charge in [0, 0.05) is 12.1 Å². The Labute approximate surface area is 108 Å². The normalized spacial score (nSPS) is 28.9. The predicted octanol–water partition coefficient (Wildman–Crippen LogP) is 1.71. The van der Waals surface area contributed by atoms with Crippen molar-refractivity contribution in [2.75, 3.05) is 0 Å². The number of hydrogen-bond donors (Lipinski definition) is 2. The van der Waals surface area contributed by atoms with Gasteiger partial charge in [0.1, 0.15) is 0 Å². The molecule has 1 amide bonds. The molecule has 2 aliphatic rings. The van der Waals surface area contributed by atoms with Gasteiger partial charge in [0.05, 0.1) is 5.41 Å². The average molecular weight is 244 g/mol. The average Bonchev–Trinajstić information content (AvgIpc) is 3.12. The van der Waals surface area contributed by atoms with Crippen LogP contribution in [0.5, 0.6) is 0 Å². The summed E-state index contributed by atoms with van der Waals surface area (Å²) in [5.41, 5.74) is 6.90. The molecule has 2 aliphatic carbocycles. The lowest BCUT2D eigenvalue weighted by molar-refractivity contribution is -0.124. The van der Waals surface area contributed by atoms with Gasteiger partial charge in [0.15, 0.2) is 0 Å². The summed E-state index contributed by atoms with van der Waals surface area (Å²) in [5.74, 6) is 0.177. The standard InChI is InChI=1S/C15H20N2O/c16-12-7-4-8-13(12)17-14(18)15(9-10-15)11-5-2-1-3-6-11/h1-3,5-6,12-13H,4,7-10,16H2,(H,17,18). The van der Waals surface area contributed by atoms with E-state index >= 15 is 0 Å². The summed E-state index contributed by atoms with van der Waals surface area (Å²) in [6.45, 7) is 0. The van der Waals surface area contributed by atoms with Gasteiger partial charge in [-0.2, -0.15) is 0 Å². The van der Waals surface area contributed by atoms with Crippen molar-refractivity contribution in [3.8, 4) is 0 Å². The Balaban J connectivity index is 1.73. The lowest BCUT2D eigenvalue weighted by atomic mass is 9.94. The highest BCUT2D eigenvalue weighted by Gasteiger charge is 2.51. The van der Waals surface area contributed by atoms with E-state index in [1.54, 1.807) is 0 Å². The van der Waals surface area contributed by atoms with Crippen molar-refractivity contribution in [3.05, 3.63) is 35.9 Å². The Hall–Kier alpha value is -1.35. The van der Waals surface area contributed by atoms with E-state index < -0.39 is 0 Å². The highest BCUT2D eigenvalue weighted by molar-refractivity contribution is 5.91. The molecule has 2 saturated carbocycles. The van der Waals surface area contributed by atoms with Gasteiger partial charge in [-0.05, 0) is 37.7 Å². The molecule has 2 atom stereocenters. The van der Waals surface area contributed by atoms with Crippen molar-refractivity contribution in [2.24, 2.45) is 5.73 Å². The van der Waals surface area contributed by atoms with Crippen LogP contribution in [0.4, 0.5) is 0 Å². The molecule has 2 fully saturated rings. The molecule has 3 heteroatoms. The number of hydrogen-bond acceptors (Lipinski definition) is 2. The van der Waals surface area contributed by atoms with Gasteiger partial charge in [-0.1, -0.05) is 30.3 Å². The monoisotopic (exact) mass is 244 g/mol. The maximum atomic E-state index is 12.5. The highest BCUT2D eigenvalue weighted by Crippen LogP contribution is 2.48. The number of carbonyl (C=O) groups is 1. The second-order valence-electron chi connectivity index (χ2n) is 5.62. The number of rotatable bonds is 3. The molecule has 18 heavy (non-hydrogen) atoms. The number of nitrogens with two attached hydrogens (primary N) is 1. The summed E-state index contributed by atoms with van der Waals surface area (Å²) in [6.07, 6.45) is 5.11. The zero-order chi connectivity index (χ0) is 12.6. The second-order valence-corrected chi connectivity index (χ2v) is 5.62. The molecular formula is C15H20N2O. The summed E-state index contributed by atoms with van der Waals surface area (Å²) < 4.78 is 0. The van der Waals surface area contributed by atoms with Gasteiger partial charge in [0.2, 0.25) is 5.91 Å². The van der Waals surface area contributed by atoms with Crippen LogP contribution in [0.15, 0.2) is 30.3 Å². The van der Waals surface area contributed by atoms with Crippen LogP contribution in [0.2, 0.25) is 0 Å². The van der Waals surface area contributed by atoms with Crippen LogP contribution in [0, 0.1) is 0 Å². The minimum atomic E-state index is -0.260. The topological polar surface area (TPSA) is 55.1 Å². The predicted molar refractivity (Wildman–Crippen MR) is 71.1 cm³/mol. The molecule has 0 aliphatic heterocycles. The van der Waals surface area contributed by atoms with Gasteiger partial charge in [0.25, 0.3) is 0 Å². The fraction of sp³-hybridized carbons (Fsp3) is 0.533. The first-order valence-electron chi connectivity index (χ1n) is 6.84. The second kappa shape index (κ2) is 4.39. The summed E-state index contributed by atoms with van der Waals surface area (Å²) in [7, 11) is 0. The first-order valence-corrected chi connectivity index (χ1v) is 6.84. The Morgan fingerprint density at radius 3 is 2.50 bits per heavy atom. The van der Waals surface area contributed by atoms with Gasteiger partial charge < -0.3 is 11.1 Å². The molecule has 1 aromatic carbocycles. The Morgan fingerprint density at radius 1 is 1.22 bits per heavy atom. The molecule has 3 N–H and O–H groups in total. The van der Waals surface area contributed by atoms with E-state index in [1.807, 2.05) is 18.2 Å². The first-order chi connectivity index (χ1) is 8.72. The van der Waals surface area contributed by atoms with E-state index in [1.165, 1.54) is 0 Å². The van der Waals surface area contributed by atoms with Crippen LogP contribution in [0.3, 0.4) is 0 Å². The lowest BCUT2D eigenvalue weighted by Crippen LogP contribution is -2.47. The van der Waals surface area contributed by atoms with E-state index in [0.29, 0.717) is 0 Å². The van der Waals surface area contributed by atoms with Crippen LogP contribution in [0.25, 0.3) is 0 Å². The summed E-state index contributed by atoms with van der Waals surface area (Å²) in [6, 6.07) is 10.4. The Morgan fingerprint density at radius 2 is 1.94 bits per heavy atom. The zero-order valence-corrected chi connectivity index (χ0v) is 10.6. The fourth-order valence-corrected chi connectivity index (χ4v) is 3.00. The minimum Gasteiger partial charge on any atom is -0.351 e. The smallest absolute Gasteiger partial charge is 0.230 e. The van der Waals surface area contributed by atoms with E-state index in [-0.39, 0.29) is 23.4 Å². The lowest BCUT2D eigenvalue weighted by Gasteiger charge is -2.22. The van der Waals surface area contributed by atoms with Crippen LogP contribution in [0.1, 0.15) is 37.7 Å². The molecule has 0 heterocycles. The van der Waals surface area contributed by atoms with E-state index in [4.69, 9.17) is 5.73 Å². The molecule has 0 bridgehead atoms. The van der Waals surface area contributed by atoms with E-state index in [9.17, 15) is 4.79 Å². The fourth-order valence-electron chi connectivity index (χ4n) is 3.00. The summed E-state index contributed by atoms with van der Waals surface area (Å²) in [4.78, 5) is 12.5. The third-order valence-electron chi connectivity index (χ3n) is 4.40. The molecular weight excluding hydrogens is 224 g/mol. The van der Waals surface area contributed by atoms with Gasteiger partial charge >= 0.3 is 0 Å². The maximum absolute atomic E-state index is 12.5. The highest BCUT2D eigenvalue weighted by atomic mass is 16.2. The molecule has 0 spiro atoms. The van der Waals surface area contributed by atoms with E-state index in [2.05, 4.69) is 17.4 Å². The molecule has 2 unspecified atom stereocenters. The third kappa shape index (κ3) is 1.93. The molecule has 0 aromatic heterocycles. The van der Waals surface area contributed by atoms with Crippen molar-refractivity contribution in [2.45, 2.75) is 49.6 Å². The molecule has 1 aromatic rings. The largest absolute Gasteiger partial charge is 0.351 e. The van der Waals surface area contributed by atoms with E-state index in [0.717, 1.165) is 37.7 Å². The van der Waals surface area contributed by atoms with Crippen molar-refractivity contribution >= 4 is 5.91 Å². The molecule has 96 valence electrons. The minimum absolute atomic E-state index is 0.139. The maximum Gasteiger partial charge on any atom is 0.230 e. The van der Waals surface area contributed by atoms with Crippen molar-refractivity contribution < 1.29 is 4.79 Å². The van der Waals surface area contributed by atoms with Crippen molar-refractivity contribution in [1.82, 2.24) is 5.32 Å². The first kappa shape index (κ1) is 11.7. The summed E-state index contributed by atoms with van der Waals surface area (Å²) in [5, 5.41) is 3.17. The van der Waals surface area contributed by atoms with Crippen molar-refractivity contribution in [3.63, 3.8) is 0 Å². The van der Waals surface area contributed by atoms with Crippen LogP contribution in [-0.2, 0) is 10.2 Å². The molecule has 0 radical (unpaired) electrons. The van der Waals surface area contributed by atoms with Crippen LogP contribution < -0.4 is 11.1 Å². The van der Waals surface area contributed by atoms with Gasteiger partial charge in [-0.15, -0.1) is 0 Å². The third-order valence-corrected chi connectivity index (χ3v) is 4.40. The number of carbonyl (C=O) groups excluding carboxylic acids is 1.